The lowest BCUT2D eigenvalue weighted by Crippen LogP contribution is -2.30. The molecule has 0 spiro atoms. The van der Waals surface area contributed by atoms with Gasteiger partial charge in [-0.2, -0.15) is 0 Å². The zero-order valence-corrected chi connectivity index (χ0v) is 14.6. The molecule has 4 rings (SSSR count). The maximum absolute atomic E-state index is 13.2. The number of rotatable bonds is 5. The van der Waals surface area contributed by atoms with E-state index in [-0.39, 0.29) is 17.1 Å². The Balaban J connectivity index is 1.95. The summed E-state index contributed by atoms with van der Waals surface area (Å²) in [5.41, 5.74) is 2.04. The number of fused-ring (bicyclic) bond motifs is 2. The fourth-order valence-electron chi connectivity index (χ4n) is 3.57. The van der Waals surface area contributed by atoms with Crippen molar-refractivity contribution in [3.05, 3.63) is 52.1 Å². The predicted octanol–water partition coefficient (Wildman–Crippen LogP) is 3.21. The quantitative estimate of drug-likeness (QED) is 0.401. The lowest BCUT2D eigenvalue weighted by Gasteiger charge is -2.19. The van der Waals surface area contributed by atoms with E-state index >= 15 is 0 Å². The standard InChI is InChI=1S/C19H18N4O3/c1-21(2)10-5-11-22-14-8-9-15(23(25)26)18-17(14)16(19(22)24)12-6-3-4-7-13(12)20-18/h3-4,6-9H,5,10-11H2,1-2H3. The molecule has 1 aromatic heterocycles. The van der Waals surface area contributed by atoms with Gasteiger partial charge < -0.3 is 9.80 Å². The summed E-state index contributed by atoms with van der Waals surface area (Å²) in [5.74, 6) is -0.108. The van der Waals surface area contributed by atoms with Crippen LogP contribution in [0.1, 0.15) is 16.8 Å². The summed E-state index contributed by atoms with van der Waals surface area (Å²) < 4.78 is 0. The topological polar surface area (TPSA) is 79.6 Å². The maximum Gasteiger partial charge on any atom is 0.295 e. The number of anilines is 1. The minimum atomic E-state index is -0.441. The second-order valence-corrected chi connectivity index (χ2v) is 6.70. The number of hydrogen-bond donors (Lipinski definition) is 0. The van der Waals surface area contributed by atoms with E-state index in [9.17, 15) is 14.9 Å². The predicted molar refractivity (Wildman–Crippen MR) is 101 cm³/mol. The zero-order valence-electron chi connectivity index (χ0n) is 14.6. The lowest BCUT2D eigenvalue weighted by atomic mass is 10.0. The van der Waals surface area contributed by atoms with Gasteiger partial charge in [0.2, 0.25) is 0 Å². The minimum absolute atomic E-state index is 0.0707. The molecule has 132 valence electrons. The van der Waals surface area contributed by atoms with Gasteiger partial charge in [-0.1, -0.05) is 18.2 Å². The Bertz CT molecular complexity index is 1060. The molecule has 2 heterocycles. The molecule has 0 atom stereocenters. The number of nitrogens with zero attached hydrogens (tertiary/aromatic N) is 4. The van der Waals surface area contributed by atoms with Crippen LogP contribution in [0.25, 0.3) is 21.8 Å². The molecule has 1 amide bonds. The van der Waals surface area contributed by atoms with Gasteiger partial charge in [-0.3, -0.25) is 14.9 Å². The molecule has 0 N–H and O–H groups in total. The van der Waals surface area contributed by atoms with Crippen LogP contribution in [-0.2, 0) is 0 Å². The summed E-state index contributed by atoms with van der Waals surface area (Å²) in [7, 11) is 3.98. The van der Waals surface area contributed by atoms with E-state index in [1.807, 2.05) is 32.3 Å². The van der Waals surface area contributed by atoms with Crippen LogP contribution >= 0.6 is 0 Å². The van der Waals surface area contributed by atoms with Crippen LogP contribution in [0.15, 0.2) is 36.4 Å². The Morgan fingerprint density at radius 2 is 1.96 bits per heavy atom. The first-order valence-electron chi connectivity index (χ1n) is 8.45. The molecule has 0 fully saturated rings. The van der Waals surface area contributed by atoms with Crippen molar-refractivity contribution in [3.63, 3.8) is 0 Å². The maximum atomic E-state index is 13.2. The number of nitro groups is 1. The molecular weight excluding hydrogens is 332 g/mol. The number of para-hydroxylation sites is 1. The molecule has 0 bridgehead atoms. The molecule has 1 aliphatic heterocycles. The molecule has 2 aromatic carbocycles. The van der Waals surface area contributed by atoms with Crippen LogP contribution in [0.2, 0.25) is 0 Å². The molecule has 1 aliphatic rings. The van der Waals surface area contributed by atoms with Gasteiger partial charge in [0.15, 0.2) is 5.52 Å². The molecule has 0 saturated heterocycles. The number of carbonyl (C=O) groups is 1. The summed E-state index contributed by atoms with van der Waals surface area (Å²) in [5, 5.41) is 12.8. The fraction of sp³-hybridized carbons (Fsp3) is 0.263. The summed E-state index contributed by atoms with van der Waals surface area (Å²) >= 11 is 0. The molecule has 3 aromatic rings. The summed E-state index contributed by atoms with van der Waals surface area (Å²) in [4.78, 5) is 32.5. The SMILES string of the molecule is CN(C)CCCN1C(=O)c2c3ccccc3nc3c([N+](=O)[O-])ccc1c23. The fourth-order valence-corrected chi connectivity index (χ4v) is 3.57. The van der Waals surface area contributed by atoms with Crippen molar-refractivity contribution in [3.8, 4) is 0 Å². The van der Waals surface area contributed by atoms with Gasteiger partial charge in [0, 0.05) is 23.4 Å². The van der Waals surface area contributed by atoms with E-state index in [2.05, 4.69) is 9.88 Å². The summed E-state index contributed by atoms with van der Waals surface area (Å²) in [6.07, 6.45) is 0.816. The van der Waals surface area contributed by atoms with Crippen molar-refractivity contribution in [2.75, 3.05) is 32.1 Å². The first-order valence-corrected chi connectivity index (χ1v) is 8.45. The highest BCUT2D eigenvalue weighted by atomic mass is 16.6. The Hall–Kier alpha value is -3.06. The number of nitro benzene ring substituents is 1. The minimum Gasteiger partial charge on any atom is -0.309 e. The van der Waals surface area contributed by atoms with Gasteiger partial charge in [0.1, 0.15) is 0 Å². The average molecular weight is 350 g/mol. The number of carbonyl (C=O) groups excluding carboxylic acids is 1. The lowest BCUT2D eigenvalue weighted by molar-refractivity contribution is -0.383. The van der Waals surface area contributed by atoms with Gasteiger partial charge in [0.05, 0.1) is 21.7 Å². The third-order valence-corrected chi connectivity index (χ3v) is 4.72. The molecular formula is C19H18N4O3. The number of aromatic nitrogens is 1. The highest BCUT2D eigenvalue weighted by molar-refractivity contribution is 6.30. The van der Waals surface area contributed by atoms with Gasteiger partial charge in [-0.05, 0) is 39.2 Å². The van der Waals surface area contributed by atoms with Gasteiger partial charge in [-0.25, -0.2) is 4.98 Å². The van der Waals surface area contributed by atoms with Crippen LogP contribution in [-0.4, -0.2) is 47.9 Å². The first kappa shape index (κ1) is 16.4. The van der Waals surface area contributed by atoms with E-state index in [1.165, 1.54) is 6.07 Å². The molecule has 7 heteroatoms. The second-order valence-electron chi connectivity index (χ2n) is 6.70. The summed E-state index contributed by atoms with van der Waals surface area (Å²) in [6, 6.07) is 10.4. The average Bonchev–Trinajstić information content (AvgIpc) is 2.89. The Morgan fingerprint density at radius 1 is 1.19 bits per heavy atom. The Kier molecular flexibility index (Phi) is 3.81. The number of benzene rings is 2. The van der Waals surface area contributed by atoms with Gasteiger partial charge in [0.25, 0.3) is 11.6 Å². The smallest absolute Gasteiger partial charge is 0.295 e. The number of non-ortho nitro benzene ring substituents is 1. The van der Waals surface area contributed by atoms with E-state index < -0.39 is 4.92 Å². The van der Waals surface area contributed by atoms with Crippen LogP contribution < -0.4 is 4.90 Å². The van der Waals surface area contributed by atoms with Crippen molar-refractivity contribution < 1.29 is 9.72 Å². The highest BCUT2D eigenvalue weighted by Crippen LogP contribution is 2.43. The van der Waals surface area contributed by atoms with Gasteiger partial charge >= 0.3 is 0 Å². The van der Waals surface area contributed by atoms with Crippen molar-refractivity contribution in [1.29, 1.82) is 0 Å². The van der Waals surface area contributed by atoms with Crippen molar-refractivity contribution in [2.45, 2.75) is 6.42 Å². The van der Waals surface area contributed by atoms with Crippen molar-refractivity contribution >= 4 is 39.1 Å². The van der Waals surface area contributed by atoms with Crippen LogP contribution in [0, 0.1) is 10.1 Å². The molecule has 0 saturated carbocycles. The third-order valence-electron chi connectivity index (χ3n) is 4.72. The summed E-state index contributed by atoms with van der Waals surface area (Å²) in [6.45, 7) is 1.42. The number of pyridine rings is 1. The molecule has 0 aliphatic carbocycles. The molecule has 0 radical (unpaired) electrons. The van der Waals surface area contributed by atoms with E-state index in [0.717, 1.165) is 18.4 Å². The van der Waals surface area contributed by atoms with Crippen LogP contribution in [0.4, 0.5) is 11.4 Å². The third kappa shape index (κ3) is 2.40. The number of amides is 1. The normalized spacial score (nSPS) is 13.3. The Labute approximate surface area is 150 Å². The second kappa shape index (κ2) is 6.03. The van der Waals surface area contributed by atoms with E-state index in [1.54, 1.807) is 17.0 Å². The largest absolute Gasteiger partial charge is 0.309 e. The molecule has 0 unspecified atom stereocenters. The number of hydrogen-bond acceptors (Lipinski definition) is 5. The highest BCUT2D eigenvalue weighted by Gasteiger charge is 2.34. The van der Waals surface area contributed by atoms with E-state index in [4.69, 9.17) is 0 Å². The molecule has 26 heavy (non-hydrogen) atoms. The van der Waals surface area contributed by atoms with Crippen LogP contribution in [0.3, 0.4) is 0 Å². The molecule has 7 nitrogen and oxygen atoms in total. The van der Waals surface area contributed by atoms with Gasteiger partial charge in [-0.15, -0.1) is 0 Å². The van der Waals surface area contributed by atoms with Crippen LogP contribution in [0.5, 0.6) is 0 Å². The first-order chi connectivity index (χ1) is 12.5. The Morgan fingerprint density at radius 3 is 2.69 bits per heavy atom. The zero-order chi connectivity index (χ0) is 18.4. The monoisotopic (exact) mass is 350 g/mol. The van der Waals surface area contributed by atoms with Crippen molar-refractivity contribution in [2.24, 2.45) is 0 Å². The van der Waals surface area contributed by atoms with Crippen molar-refractivity contribution in [1.82, 2.24) is 9.88 Å². The van der Waals surface area contributed by atoms with E-state index in [0.29, 0.717) is 28.7 Å².